The van der Waals surface area contributed by atoms with Crippen molar-refractivity contribution in [1.82, 2.24) is 10.3 Å². The van der Waals surface area contributed by atoms with E-state index in [2.05, 4.69) is 10.3 Å². The number of fused-ring (bicyclic) bond motifs is 1. The molecule has 1 aliphatic heterocycles. The zero-order valence-electron chi connectivity index (χ0n) is 6.71. The summed E-state index contributed by atoms with van der Waals surface area (Å²) < 4.78 is 0. The number of nitrogens with one attached hydrogen (secondary N) is 1. The Bertz CT molecular complexity index is 309. The van der Waals surface area contributed by atoms with Gasteiger partial charge in [-0.05, 0) is 30.2 Å². The molecule has 0 fully saturated rings. The Morgan fingerprint density at radius 3 is 3.33 bits per heavy atom. The monoisotopic (exact) mass is 162 g/mol. The van der Waals surface area contributed by atoms with E-state index < -0.39 is 0 Å². The van der Waals surface area contributed by atoms with Crippen LogP contribution in [0.1, 0.15) is 21.6 Å². The molecule has 1 N–H and O–H groups in total. The number of pyridine rings is 1. The van der Waals surface area contributed by atoms with Gasteiger partial charge in [0, 0.05) is 12.7 Å². The molecule has 12 heavy (non-hydrogen) atoms. The average Bonchev–Trinajstić information content (AvgIpc) is 2.17. The third-order valence-corrected chi connectivity index (χ3v) is 2.17. The van der Waals surface area contributed by atoms with Gasteiger partial charge in [0.25, 0.3) is 0 Å². The van der Waals surface area contributed by atoms with E-state index in [1.807, 2.05) is 6.07 Å². The third-order valence-electron chi connectivity index (χ3n) is 2.17. The zero-order valence-corrected chi connectivity index (χ0v) is 6.71. The maximum atomic E-state index is 10.6. The molecule has 0 spiro atoms. The highest BCUT2D eigenvalue weighted by atomic mass is 16.1. The van der Waals surface area contributed by atoms with Gasteiger partial charge in [0.2, 0.25) is 0 Å². The fraction of sp³-hybridized carbons (Fsp3) is 0.333. The molecule has 3 nitrogen and oxygen atoms in total. The zero-order chi connectivity index (χ0) is 8.39. The molecule has 0 saturated heterocycles. The van der Waals surface area contributed by atoms with Gasteiger partial charge in [-0.2, -0.15) is 0 Å². The second-order valence-electron chi connectivity index (χ2n) is 2.88. The van der Waals surface area contributed by atoms with Crippen molar-refractivity contribution in [3.05, 3.63) is 29.1 Å². The standard InChI is InChI=1S/C9H10N2O/c12-6-9-8-5-10-3-1-7(8)2-4-11-9/h2,4,6,10H,1,3,5H2. The molecular formula is C9H10N2O. The number of nitrogens with zero attached hydrogens (tertiary/aromatic N) is 1. The summed E-state index contributed by atoms with van der Waals surface area (Å²) in [6.07, 6.45) is 3.53. The molecule has 0 atom stereocenters. The molecule has 3 heteroatoms. The van der Waals surface area contributed by atoms with E-state index in [-0.39, 0.29) is 0 Å². The van der Waals surface area contributed by atoms with E-state index in [9.17, 15) is 4.79 Å². The molecule has 1 aromatic rings. The van der Waals surface area contributed by atoms with E-state index in [1.54, 1.807) is 6.20 Å². The van der Waals surface area contributed by atoms with Crippen LogP contribution in [0, 0.1) is 0 Å². The molecule has 0 amide bonds. The summed E-state index contributed by atoms with van der Waals surface area (Å²) in [7, 11) is 0. The third kappa shape index (κ3) is 1.12. The summed E-state index contributed by atoms with van der Waals surface area (Å²) in [4.78, 5) is 14.6. The lowest BCUT2D eigenvalue weighted by molar-refractivity contribution is 0.111. The van der Waals surface area contributed by atoms with Crippen LogP contribution in [0.3, 0.4) is 0 Å². The summed E-state index contributed by atoms with van der Waals surface area (Å²) in [6, 6.07) is 1.99. The first kappa shape index (κ1) is 7.43. The summed E-state index contributed by atoms with van der Waals surface area (Å²) in [5.41, 5.74) is 2.91. The predicted molar refractivity (Wildman–Crippen MR) is 45.0 cm³/mol. The first-order valence-corrected chi connectivity index (χ1v) is 4.04. The van der Waals surface area contributed by atoms with Crippen molar-refractivity contribution < 1.29 is 4.79 Å². The van der Waals surface area contributed by atoms with Crippen molar-refractivity contribution in [2.24, 2.45) is 0 Å². The SMILES string of the molecule is O=Cc1nccc2c1CNCC2. The number of carbonyl (C=O) groups excluding carboxylic acids is 1. The lowest BCUT2D eigenvalue weighted by atomic mass is 10.0. The largest absolute Gasteiger partial charge is 0.312 e. The molecular weight excluding hydrogens is 152 g/mol. The van der Waals surface area contributed by atoms with Crippen molar-refractivity contribution >= 4 is 6.29 Å². The Labute approximate surface area is 70.8 Å². The molecule has 0 saturated carbocycles. The number of aldehydes is 1. The van der Waals surface area contributed by atoms with Crippen LogP contribution >= 0.6 is 0 Å². The van der Waals surface area contributed by atoms with E-state index in [1.165, 1.54) is 5.56 Å². The number of hydrogen-bond donors (Lipinski definition) is 1. The van der Waals surface area contributed by atoms with Crippen molar-refractivity contribution in [1.29, 1.82) is 0 Å². The quantitative estimate of drug-likeness (QED) is 0.613. The minimum Gasteiger partial charge on any atom is -0.312 e. The van der Waals surface area contributed by atoms with Crippen molar-refractivity contribution in [2.45, 2.75) is 13.0 Å². The summed E-state index contributed by atoms with van der Waals surface area (Å²) >= 11 is 0. The van der Waals surface area contributed by atoms with Gasteiger partial charge in [0.05, 0.1) is 0 Å². The molecule has 2 heterocycles. The predicted octanol–water partition coefficient (Wildman–Crippen LogP) is 0.540. The molecule has 1 aliphatic rings. The van der Waals surface area contributed by atoms with Crippen LogP contribution in [0.15, 0.2) is 12.3 Å². The van der Waals surface area contributed by atoms with Crippen LogP contribution in [0.5, 0.6) is 0 Å². The Morgan fingerprint density at radius 1 is 1.58 bits per heavy atom. The second kappa shape index (κ2) is 3.03. The van der Waals surface area contributed by atoms with Gasteiger partial charge in [-0.15, -0.1) is 0 Å². The van der Waals surface area contributed by atoms with E-state index in [4.69, 9.17) is 0 Å². The van der Waals surface area contributed by atoms with Gasteiger partial charge >= 0.3 is 0 Å². The minimum atomic E-state index is 0.583. The first-order valence-electron chi connectivity index (χ1n) is 4.04. The molecule has 2 rings (SSSR count). The summed E-state index contributed by atoms with van der Waals surface area (Å²) in [5.74, 6) is 0. The number of aromatic nitrogens is 1. The van der Waals surface area contributed by atoms with Crippen molar-refractivity contribution in [2.75, 3.05) is 6.54 Å². The molecule has 0 radical (unpaired) electrons. The maximum Gasteiger partial charge on any atom is 0.168 e. The fourth-order valence-corrected chi connectivity index (χ4v) is 1.53. The van der Waals surface area contributed by atoms with Crippen molar-refractivity contribution in [3.63, 3.8) is 0 Å². The highest BCUT2D eigenvalue weighted by Crippen LogP contribution is 2.14. The van der Waals surface area contributed by atoms with E-state index >= 15 is 0 Å². The fourth-order valence-electron chi connectivity index (χ4n) is 1.53. The second-order valence-corrected chi connectivity index (χ2v) is 2.88. The van der Waals surface area contributed by atoms with Gasteiger partial charge in [-0.3, -0.25) is 9.78 Å². The van der Waals surface area contributed by atoms with Gasteiger partial charge in [0.15, 0.2) is 6.29 Å². The highest BCUT2D eigenvalue weighted by Gasteiger charge is 2.12. The van der Waals surface area contributed by atoms with Crippen LogP contribution in [0.4, 0.5) is 0 Å². The normalized spacial score (nSPS) is 15.3. The molecule has 0 aliphatic carbocycles. The maximum absolute atomic E-state index is 10.6. The molecule has 0 bridgehead atoms. The lowest BCUT2D eigenvalue weighted by Gasteiger charge is -2.17. The molecule has 0 unspecified atom stereocenters. The highest BCUT2D eigenvalue weighted by molar-refractivity contribution is 5.74. The van der Waals surface area contributed by atoms with Crippen LogP contribution in [-0.4, -0.2) is 17.8 Å². The summed E-state index contributed by atoms with van der Waals surface area (Å²) in [6.45, 7) is 1.77. The first-order chi connectivity index (χ1) is 5.92. The molecule has 0 aromatic carbocycles. The van der Waals surface area contributed by atoms with Gasteiger partial charge < -0.3 is 5.32 Å². The Balaban J connectivity index is 2.51. The Hall–Kier alpha value is -1.22. The van der Waals surface area contributed by atoms with E-state index in [0.717, 1.165) is 31.4 Å². The van der Waals surface area contributed by atoms with Crippen molar-refractivity contribution in [3.8, 4) is 0 Å². The van der Waals surface area contributed by atoms with Crippen LogP contribution < -0.4 is 5.32 Å². The minimum absolute atomic E-state index is 0.583. The number of rotatable bonds is 1. The average molecular weight is 162 g/mol. The number of hydrogen-bond acceptors (Lipinski definition) is 3. The lowest BCUT2D eigenvalue weighted by Crippen LogP contribution is -2.25. The van der Waals surface area contributed by atoms with Crippen LogP contribution in [0.2, 0.25) is 0 Å². The Morgan fingerprint density at radius 2 is 2.50 bits per heavy atom. The van der Waals surface area contributed by atoms with E-state index in [0.29, 0.717) is 5.69 Å². The smallest absolute Gasteiger partial charge is 0.168 e. The van der Waals surface area contributed by atoms with Crippen LogP contribution in [-0.2, 0) is 13.0 Å². The molecule has 62 valence electrons. The topological polar surface area (TPSA) is 42.0 Å². The van der Waals surface area contributed by atoms with Gasteiger partial charge in [0.1, 0.15) is 5.69 Å². The van der Waals surface area contributed by atoms with Gasteiger partial charge in [-0.25, -0.2) is 0 Å². The Kier molecular flexibility index (Phi) is 1.87. The molecule has 1 aromatic heterocycles. The van der Waals surface area contributed by atoms with Crippen LogP contribution in [0.25, 0.3) is 0 Å². The number of carbonyl (C=O) groups is 1. The van der Waals surface area contributed by atoms with Gasteiger partial charge in [-0.1, -0.05) is 0 Å². The summed E-state index contributed by atoms with van der Waals surface area (Å²) in [5, 5.41) is 3.22.